The van der Waals surface area contributed by atoms with Gasteiger partial charge in [-0.05, 0) is 29.7 Å². The van der Waals surface area contributed by atoms with Crippen LogP contribution in [-0.2, 0) is 13.0 Å². The number of nitrogens with zero attached hydrogens (tertiary/aromatic N) is 2. The average Bonchev–Trinajstić information content (AvgIpc) is 2.53. The van der Waals surface area contributed by atoms with Crippen LogP contribution in [0, 0.1) is 11.3 Å². The van der Waals surface area contributed by atoms with Crippen LogP contribution in [0.25, 0.3) is 0 Å². The Morgan fingerprint density at radius 2 is 1.60 bits per heavy atom. The van der Waals surface area contributed by atoms with Gasteiger partial charge in [0.25, 0.3) is 0 Å². The summed E-state index contributed by atoms with van der Waals surface area (Å²) < 4.78 is 0. The molecule has 2 nitrogen and oxygen atoms in total. The maximum Gasteiger partial charge on any atom is 0.0640 e. The quantitative estimate of drug-likeness (QED) is 0.783. The predicted octanol–water partition coefficient (Wildman–Crippen LogP) is 4.17. The van der Waals surface area contributed by atoms with Gasteiger partial charge in [-0.3, -0.25) is 0 Å². The molecule has 0 amide bonds. The Balaban J connectivity index is 2.13. The SMILES string of the molecule is CCc1ccc(CN(CCC#N)c2ccccc2)cc1. The molecule has 0 aliphatic carbocycles. The zero-order valence-corrected chi connectivity index (χ0v) is 11.9. The molecule has 102 valence electrons. The molecule has 0 fully saturated rings. The van der Waals surface area contributed by atoms with Gasteiger partial charge in [-0.25, -0.2) is 0 Å². The van der Waals surface area contributed by atoms with E-state index >= 15 is 0 Å². The summed E-state index contributed by atoms with van der Waals surface area (Å²) >= 11 is 0. The van der Waals surface area contributed by atoms with Crippen LogP contribution in [0.2, 0.25) is 0 Å². The standard InChI is InChI=1S/C18H20N2/c1-2-16-9-11-17(12-10-16)15-20(14-6-13-19)18-7-4-3-5-8-18/h3-5,7-12H,2,6,14-15H2,1H3. The van der Waals surface area contributed by atoms with Gasteiger partial charge in [0, 0.05) is 18.8 Å². The van der Waals surface area contributed by atoms with Crippen LogP contribution in [0.4, 0.5) is 5.69 Å². The molecule has 0 spiro atoms. The number of rotatable bonds is 6. The van der Waals surface area contributed by atoms with Crippen molar-refractivity contribution in [1.29, 1.82) is 5.26 Å². The minimum Gasteiger partial charge on any atom is -0.366 e. The van der Waals surface area contributed by atoms with Gasteiger partial charge in [0.15, 0.2) is 0 Å². The van der Waals surface area contributed by atoms with Gasteiger partial charge < -0.3 is 4.90 Å². The van der Waals surface area contributed by atoms with E-state index in [0.29, 0.717) is 6.42 Å². The topological polar surface area (TPSA) is 27.0 Å². The zero-order chi connectivity index (χ0) is 14.2. The van der Waals surface area contributed by atoms with Crippen LogP contribution in [0.1, 0.15) is 24.5 Å². The summed E-state index contributed by atoms with van der Waals surface area (Å²) in [4.78, 5) is 2.25. The lowest BCUT2D eigenvalue weighted by Gasteiger charge is -2.24. The number of para-hydroxylation sites is 1. The molecule has 0 heterocycles. The van der Waals surface area contributed by atoms with E-state index in [1.54, 1.807) is 0 Å². The second-order valence-corrected chi connectivity index (χ2v) is 4.84. The molecule has 20 heavy (non-hydrogen) atoms. The molecule has 0 atom stereocenters. The number of benzene rings is 2. The monoisotopic (exact) mass is 264 g/mol. The molecule has 0 aromatic heterocycles. The molecular weight excluding hydrogens is 244 g/mol. The average molecular weight is 264 g/mol. The molecular formula is C18H20N2. The Bertz CT molecular complexity index is 552. The number of hydrogen-bond donors (Lipinski definition) is 0. The summed E-state index contributed by atoms with van der Waals surface area (Å²) in [5.74, 6) is 0. The number of hydrogen-bond acceptors (Lipinski definition) is 2. The normalized spacial score (nSPS) is 10.0. The fraction of sp³-hybridized carbons (Fsp3) is 0.278. The Morgan fingerprint density at radius 3 is 2.20 bits per heavy atom. The molecule has 2 aromatic carbocycles. The van der Waals surface area contributed by atoms with E-state index in [1.807, 2.05) is 18.2 Å². The van der Waals surface area contributed by atoms with Crippen LogP contribution in [0.15, 0.2) is 54.6 Å². The number of aryl methyl sites for hydroxylation is 1. The first-order valence-corrected chi connectivity index (χ1v) is 7.08. The molecule has 0 unspecified atom stereocenters. The minimum absolute atomic E-state index is 0.544. The summed E-state index contributed by atoms with van der Waals surface area (Å²) in [5, 5.41) is 8.82. The van der Waals surface area contributed by atoms with Crippen LogP contribution >= 0.6 is 0 Å². The summed E-state index contributed by atoms with van der Waals surface area (Å²) in [5.41, 5.74) is 3.81. The molecule has 0 aliphatic heterocycles. The van der Waals surface area contributed by atoms with E-state index in [2.05, 4.69) is 54.3 Å². The molecule has 0 N–H and O–H groups in total. The summed E-state index contributed by atoms with van der Waals surface area (Å²) in [6, 6.07) is 21.2. The van der Waals surface area contributed by atoms with Gasteiger partial charge in [-0.15, -0.1) is 0 Å². The smallest absolute Gasteiger partial charge is 0.0640 e. The van der Waals surface area contributed by atoms with Gasteiger partial charge in [-0.2, -0.15) is 5.26 Å². The predicted molar refractivity (Wildman–Crippen MR) is 83.5 cm³/mol. The Morgan fingerprint density at radius 1 is 0.950 bits per heavy atom. The number of anilines is 1. The largest absolute Gasteiger partial charge is 0.366 e. The van der Waals surface area contributed by atoms with Crippen molar-refractivity contribution < 1.29 is 0 Å². The van der Waals surface area contributed by atoms with E-state index in [1.165, 1.54) is 16.8 Å². The highest BCUT2D eigenvalue weighted by molar-refractivity contribution is 5.46. The second-order valence-electron chi connectivity index (χ2n) is 4.84. The van der Waals surface area contributed by atoms with Crippen molar-refractivity contribution in [2.45, 2.75) is 26.3 Å². The second kappa shape index (κ2) is 7.35. The lowest BCUT2D eigenvalue weighted by Crippen LogP contribution is -2.23. The third kappa shape index (κ3) is 3.86. The van der Waals surface area contributed by atoms with Crippen LogP contribution < -0.4 is 4.90 Å². The van der Waals surface area contributed by atoms with Gasteiger partial charge >= 0.3 is 0 Å². The summed E-state index contributed by atoms with van der Waals surface area (Å²) in [6.45, 7) is 3.77. The maximum atomic E-state index is 8.82. The third-order valence-corrected chi connectivity index (χ3v) is 3.42. The van der Waals surface area contributed by atoms with Crippen molar-refractivity contribution in [3.05, 3.63) is 65.7 Å². The first-order chi connectivity index (χ1) is 9.83. The Kier molecular flexibility index (Phi) is 5.20. The highest BCUT2D eigenvalue weighted by Gasteiger charge is 2.06. The first kappa shape index (κ1) is 14.1. The van der Waals surface area contributed by atoms with E-state index in [4.69, 9.17) is 5.26 Å². The fourth-order valence-corrected chi connectivity index (χ4v) is 2.22. The van der Waals surface area contributed by atoms with E-state index in [9.17, 15) is 0 Å². The van der Waals surface area contributed by atoms with Gasteiger partial charge in [0.1, 0.15) is 0 Å². The third-order valence-electron chi connectivity index (χ3n) is 3.42. The molecule has 0 bridgehead atoms. The summed E-state index contributed by atoms with van der Waals surface area (Å²) in [7, 11) is 0. The molecule has 0 aliphatic rings. The van der Waals surface area contributed by atoms with Gasteiger partial charge in [0.2, 0.25) is 0 Å². The molecule has 2 rings (SSSR count). The van der Waals surface area contributed by atoms with Crippen molar-refractivity contribution in [1.82, 2.24) is 0 Å². The van der Waals surface area contributed by atoms with Gasteiger partial charge in [0.05, 0.1) is 12.5 Å². The lowest BCUT2D eigenvalue weighted by atomic mass is 10.1. The first-order valence-electron chi connectivity index (χ1n) is 7.08. The molecule has 0 saturated heterocycles. The van der Waals surface area contributed by atoms with Crippen molar-refractivity contribution in [2.24, 2.45) is 0 Å². The fourth-order valence-electron chi connectivity index (χ4n) is 2.22. The number of nitriles is 1. The van der Waals surface area contributed by atoms with E-state index < -0.39 is 0 Å². The molecule has 0 radical (unpaired) electrons. The van der Waals surface area contributed by atoms with E-state index in [0.717, 1.165) is 19.5 Å². The zero-order valence-electron chi connectivity index (χ0n) is 11.9. The Hall–Kier alpha value is -2.27. The van der Waals surface area contributed by atoms with Crippen molar-refractivity contribution in [3.8, 4) is 6.07 Å². The van der Waals surface area contributed by atoms with Crippen molar-refractivity contribution in [2.75, 3.05) is 11.4 Å². The van der Waals surface area contributed by atoms with Crippen LogP contribution in [0.3, 0.4) is 0 Å². The highest BCUT2D eigenvalue weighted by atomic mass is 15.1. The van der Waals surface area contributed by atoms with E-state index in [-0.39, 0.29) is 0 Å². The summed E-state index contributed by atoms with van der Waals surface area (Å²) in [6.07, 6.45) is 1.61. The molecule has 2 aromatic rings. The van der Waals surface area contributed by atoms with Crippen LogP contribution in [0.5, 0.6) is 0 Å². The maximum absolute atomic E-state index is 8.82. The Labute approximate surface area is 121 Å². The van der Waals surface area contributed by atoms with Gasteiger partial charge in [-0.1, -0.05) is 49.4 Å². The lowest BCUT2D eigenvalue weighted by molar-refractivity contribution is 0.797. The molecule has 0 saturated carbocycles. The van der Waals surface area contributed by atoms with Crippen molar-refractivity contribution in [3.63, 3.8) is 0 Å². The van der Waals surface area contributed by atoms with Crippen LogP contribution in [-0.4, -0.2) is 6.54 Å². The minimum atomic E-state index is 0.544. The highest BCUT2D eigenvalue weighted by Crippen LogP contribution is 2.17. The molecule has 2 heteroatoms. The van der Waals surface area contributed by atoms with Crippen molar-refractivity contribution >= 4 is 5.69 Å².